The van der Waals surface area contributed by atoms with E-state index in [1.54, 1.807) is 6.07 Å². The number of amides is 1. The van der Waals surface area contributed by atoms with E-state index in [4.69, 9.17) is 26.1 Å². The molecule has 11 heteroatoms. The van der Waals surface area contributed by atoms with Gasteiger partial charge in [-0.25, -0.2) is 13.6 Å². The van der Waals surface area contributed by atoms with E-state index < -0.39 is 17.6 Å². The van der Waals surface area contributed by atoms with Crippen molar-refractivity contribution in [1.29, 1.82) is 0 Å². The predicted molar refractivity (Wildman–Crippen MR) is 150 cm³/mol. The first kappa shape index (κ1) is 27.7. The van der Waals surface area contributed by atoms with Crippen molar-refractivity contribution in [3.63, 3.8) is 0 Å². The number of carbonyl (C=O) groups is 1. The van der Waals surface area contributed by atoms with Crippen LogP contribution in [0.15, 0.2) is 6.07 Å². The topological polar surface area (TPSA) is 71.0 Å². The van der Waals surface area contributed by atoms with Crippen LogP contribution < -0.4 is 9.64 Å². The summed E-state index contributed by atoms with van der Waals surface area (Å²) in [5.41, 5.74) is 0.0485. The summed E-state index contributed by atoms with van der Waals surface area (Å²) in [5, 5.41) is 0.652. The molecule has 218 valence electrons. The zero-order valence-corrected chi connectivity index (χ0v) is 24.4. The molecule has 0 aliphatic carbocycles. The molecule has 4 atom stereocenters. The third-order valence-electron chi connectivity index (χ3n) is 8.95. The maximum absolute atomic E-state index is 15.5. The molecule has 0 saturated carbocycles. The Morgan fingerprint density at radius 2 is 2.05 bits per heavy atom. The summed E-state index contributed by atoms with van der Waals surface area (Å²) in [6.07, 6.45) is 3.17. The number of alkyl halides is 1. The first-order chi connectivity index (χ1) is 19.0. The van der Waals surface area contributed by atoms with E-state index in [-0.39, 0.29) is 46.9 Å². The highest BCUT2D eigenvalue weighted by molar-refractivity contribution is 6.31. The summed E-state index contributed by atoms with van der Waals surface area (Å²) in [6.45, 7) is 10.2. The van der Waals surface area contributed by atoms with Gasteiger partial charge in [0.25, 0.3) is 0 Å². The summed E-state index contributed by atoms with van der Waals surface area (Å²) in [7, 11) is 0. The minimum Gasteiger partial charge on any atom is -0.461 e. The number of halogens is 3. The van der Waals surface area contributed by atoms with Crippen LogP contribution in [0.3, 0.4) is 0 Å². The molecule has 0 unspecified atom stereocenters. The lowest BCUT2D eigenvalue weighted by Crippen LogP contribution is -2.60. The number of aromatic nitrogens is 2. The second-order valence-electron chi connectivity index (χ2n) is 12.8. The van der Waals surface area contributed by atoms with E-state index in [0.717, 1.165) is 37.8 Å². The molecular formula is C29H38ClF2N5O3. The van der Waals surface area contributed by atoms with Crippen LogP contribution in [0.25, 0.3) is 10.9 Å². The van der Waals surface area contributed by atoms with Crippen LogP contribution in [0.4, 0.5) is 19.4 Å². The summed E-state index contributed by atoms with van der Waals surface area (Å²) in [6, 6.07) is 1.58. The first-order valence-corrected chi connectivity index (χ1v) is 14.8. The Morgan fingerprint density at radius 1 is 1.25 bits per heavy atom. The molecule has 3 fully saturated rings. The van der Waals surface area contributed by atoms with E-state index >= 15 is 4.39 Å². The first-order valence-electron chi connectivity index (χ1n) is 14.4. The van der Waals surface area contributed by atoms with Crippen molar-refractivity contribution in [2.24, 2.45) is 0 Å². The smallest absolute Gasteiger partial charge is 0.410 e. The molecule has 1 aromatic heterocycles. The van der Waals surface area contributed by atoms with Gasteiger partial charge in [-0.15, -0.1) is 0 Å². The molecule has 0 bridgehead atoms. The van der Waals surface area contributed by atoms with Crippen molar-refractivity contribution < 1.29 is 23.0 Å². The molecule has 4 aliphatic heterocycles. The lowest BCUT2D eigenvalue weighted by molar-refractivity contribution is 0.00971. The highest BCUT2D eigenvalue weighted by Gasteiger charge is 2.49. The van der Waals surface area contributed by atoms with Crippen molar-refractivity contribution in [1.82, 2.24) is 19.8 Å². The Kier molecular flexibility index (Phi) is 7.01. The lowest BCUT2D eigenvalue weighted by atomic mass is 9.95. The molecule has 6 rings (SSSR count). The van der Waals surface area contributed by atoms with Gasteiger partial charge in [-0.05, 0) is 71.0 Å². The second kappa shape index (κ2) is 10.1. The molecule has 0 N–H and O–H groups in total. The van der Waals surface area contributed by atoms with Crippen LogP contribution in [0.1, 0.15) is 65.4 Å². The highest BCUT2D eigenvalue weighted by Crippen LogP contribution is 2.42. The summed E-state index contributed by atoms with van der Waals surface area (Å²) >= 11 is 6.34. The van der Waals surface area contributed by atoms with E-state index in [0.29, 0.717) is 43.7 Å². The largest absolute Gasteiger partial charge is 0.461 e. The van der Waals surface area contributed by atoms with Gasteiger partial charge >= 0.3 is 12.1 Å². The molecule has 40 heavy (non-hydrogen) atoms. The van der Waals surface area contributed by atoms with Gasteiger partial charge in [0.15, 0.2) is 5.82 Å². The third kappa shape index (κ3) is 4.85. The number of nitrogens with zero attached hydrogens (tertiary/aromatic N) is 5. The van der Waals surface area contributed by atoms with Gasteiger partial charge in [0.05, 0.1) is 16.6 Å². The van der Waals surface area contributed by atoms with Gasteiger partial charge in [0, 0.05) is 37.5 Å². The number of fused-ring (bicyclic) bond motifs is 3. The summed E-state index contributed by atoms with van der Waals surface area (Å²) in [4.78, 5) is 28.7. The molecule has 0 spiro atoms. The fourth-order valence-electron chi connectivity index (χ4n) is 7.07. The van der Waals surface area contributed by atoms with Crippen LogP contribution >= 0.6 is 11.6 Å². The van der Waals surface area contributed by atoms with Crippen LogP contribution in [0.5, 0.6) is 6.01 Å². The number of carbonyl (C=O) groups excluding carboxylic acids is 1. The zero-order chi connectivity index (χ0) is 28.4. The Balaban J connectivity index is 1.36. The quantitative estimate of drug-likeness (QED) is 0.473. The highest BCUT2D eigenvalue weighted by atomic mass is 35.5. The summed E-state index contributed by atoms with van der Waals surface area (Å²) < 4.78 is 41.8. The fraction of sp³-hybridized carbons (Fsp3) is 0.690. The third-order valence-corrected chi connectivity index (χ3v) is 9.23. The van der Waals surface area contributed by atoms with Crippen molar-refractivity contribution >= 4 is 34.4 Å². The number of aryl methyl sites for hydroxylation is 1. The Morgan fingerprint density at radius 3 is 2.80 bits per heavy atom. The van der Waals surface area contributed by atoms with E-state index in [2.05, 4.69) is 14.8 Å². The fourth-order valence-corrected chi connectivity index (χ4v) is 7.30. The molecule has 1 amide bonds. The van der Waals surface area contributed by atoms with Gasteiger partial charge in [-0.2, -0.15) is 9.97 Å². The number of ether oxygens (including phenoxy) is 2. The van der Waals surface area contributed by atoms with Crippen molar-refractivity contribution in [3.05, 3.63) is 22.5 Å². The maximum atomic E-state index is 15.5. The van der Waals surface area contributed by atoms with Crippen LogP contribution in [0.2, 0.25) is 5.02 Å². The second-order valence-corrected chi connectivity index (χ2v) is 13.2. The van der Waals surface area contributed by atoms with Gasteiger partial charge in [0.2, 0.25) is 0 Å². The number of hydrogen-bond acceptors (Lipinski definition) is 7. The molecular weight excluding hydrogens is 540 g/mol. The zero-order valence-electron chi connectivity index (χ0n) is 23.7. The van der Waals surface area contributed by atoms with Gasteiger partial charge < -0.3 is 19.3 Å². The van der Waals surface area contributed by atoms with Crippen LogP contribution in [-0.4, -0.2) is 88.0 Å². The van der Waals surface area contributed by atoms with Crippen molar-refractivity contribution in [3.8, 4) is 6.01 Å². The standard InChI is InChI=1S/C29H38ClF2N5O3/c1-5-19-14-36-20(15-37(19)27(38)40-28(2,3)4)8-7-17-11-21(30)23(32)24-22(17)25(36)34-26(33-24)39-16-29-9-6-10-35(29)13-18(31)12-29/h11,18-20H,5-10,12-16H2,1-4H3/t18-,19-,20-,29+/m1/s1. The summed E-state index contributed by atoms with van der Waals surface area (Å²) in [5.74, 6) is 0.00284. The Labute approximate surface area is 238 Å². The monoisotopic (exact) mass is 577 g/mol. The molecule has 0 radical (unpaired) electrons. The van der Waals surface area contributed by atoms with Gasteiger partial charge in [-0.3, -0.25) is 4.90 Å². The van der Waals surface area contributed by atoms with E-state index in [9.17, 15) is 9.18 Å². The number of rotatable bonds is 4. The van der Waals surface area contributed by atoms with Crippen LogP contribution in [0, 0.1) is 5.82 Å². The van der Waals surface area contributed by atoms with Crippen LogP contribution in [-0.2, 0) is 11.2 Å². The molecule has 2 aromatic rings. The molecule has 4 aliphatic rings. The predicted octanol–water partition coefficient (Wildman–Crippen LogP) is 5.53. The van der Waals surface area contributed by atoms with E-state index in [1.807, 2.05) is 32.6 Å². The van der Waals surface area contributed by atoms with Crippen molar-refractivity contribution in [2.75, 3.05) is 37.7 Å². The van der Waals surface area contributed by atoms with E-state index in [1.165, 1.54) is 0 Å². The average Bonchev–Trinajstić information content (AvgIpc) is 3.37. The minimum absolute atomic E-state index is 0.0106. The Hall–Kier alpha value is -2.46. The average molecular weight is 578 g/mol. The lowest BCUT2D eigenvalue weighted by Gasteiger charge is -2.46. The maximum Gasteiger partial charge on any atom is 0.410 e. The molecule has 3 saturated heterocycles. The molecule has 8 nitrogen and oxygen atoms in total. The van der Waals surface area contributed by atoms with Gasteiger partial charge in [0.1, 0.15) is 29.7 Å². The SMILES string of the molecule is CC[C@@H]1CN2c3nc(OC[C@@]45CCCN4C[C@H](F)C5)nc4c(F)c(Cl)cc(c34)CC[C@@H]2CN1C(=O)OC(C)(C)C. The molecule has 1 aromatic carbocycles. The number of hydrogen-bond donors (Lipinski definition) is 0. The minimum atomic E-state index is -0.877. The molecule has 5 heterocycles. The normalized spacial score (nSPS) is 28.4. The van der Waals surface area contributed by atoms with Gasteiger partial charge in [-0.1, -0.05) is 18.5 Å². The number of anilines is 1. The Bertz CT molecular complexity index is 1320. The van der Waals surface area contributed by atoms with Crippen molar-refractivity contribution in [2.45, 2.75) is 95.6 Å². The number of benzene rings is 1. The number of piperazine rings is 1.